The predicted molar refractivity (Wildman–Crippen MR) is 127 cm³/mol. The second-order valence-corrected chi connectivity index (χ2v) is 7.70. The van der Waals surface area contributed by atoms with Crippen molar-refractivity contribution in [2.75, 3.05) is 26.7 Å². The number of nitrogens with one attached hydrogen (secondary N) is 1. The molecule has 1 aliphatic heterocycles. The molecule has 1 atom stereocenters. The van der Waals surface area contributed by atoms with Crippen molar-refractivity contribution in [1.29, 1.82) is 0 Å². The second-order valence-electron chi connectivity index (χ2n) is 7.70. The molecule has 1 amide bonds. The number of ether oxygens (including phenoxy) is 1. The van der Waals surface area contributed by atoms with Crippen LogP contribution < -0.4 is 15.8 Å². The van der Waals surface area contributed by atoms with Gasteiger partial charge >= 0.3 is 0 Å². The minimum Gasteiger partial charge on any atom is -0.497 e. The maximum atomic E-state index is 12.4. The lowest BCUT2D eigenvalue weighted by Crippen LogP contribution is -2.41. The lowest BCUT2D eigenvalue weighted by atomic mass is 9.96. The number of methoxy groups -OCH3 is 1. The van der Waals surface area contributed by atoms with Crippen LogP contribution in [0.4, 0.5) is 0 Å². The van der Waals surface area contributed by atoms with Gasteiger partial charge in [0.2, 0.25) is 5.91 Å². The van der Waals surface area contributed by atoms with Crippen LogP contribution in [0.5, 0.6) is 5.75 Å². The topological polar surface area (TPSA) is 67.6 Å². The Kier molecular flexibility index (Phi) is 11.2. The highest BCUT2D eigenvalue weighted by Gasteiger charge is 2.21. The predicted octanol–water partition coefficient (Wildman–Crippen LogP) is 3.88. The molecular weight excluding hydrogens is 421 g/mol. The van der Waals surface area contributed by atoms with Crippen LogP contribution in [0.1, 0.15) is 35.6 Å². The van der Waals surface area contributed by atoms with Crippen LogP contribution in [0.2, 0.25) is 0 Å². The smallest absolute Gasteiger partial charge is 0.241 e. The molecule has 0 saturated carbocycles. The summed E-state index contributed by atoms with van der Waals surface area (Å²) in [6, 6.07) is 15.5. The molecule has 1 saturated heterocycles. The fraction of sp³-hybridized carbons (Fsp3) is 0.435. The minimum absolute atomic E-state index is 0. The summed E-state index contributed by atoms with van der Waals surface area (Å²) < 4.78 is 5.21. The van der Waals surface area contributed by atoms with Gasteiger partial charge in [-0.25, -0.2) is 0 Å². The van der Waals surface area contributed by atoms with Crippen LogP contribution in [0.25, 0.3) is 0 Å². The Hall–Kier alpha value is -1.79. The fourth-order valence-electron chi connectivity index (χ4n) is 3.62. The van der Waals surface area contributed by atoms with Crippen molar-refractivity contribution in [1.82, 2.24) is 10.2 Å². The molecule has 1 unspecified atom stereocenters. The van der Waals surface area contributed by atoms with E-state index in [2.05, 4.69) is 22.3 Å². The molecule has 0 radical (unpaired) electrons. The quantitative estimate of drug-likeness (QED) is 0.667. The number of nitrogens with zero attached hydrogens (tertiary/aromatic N) is 1. The average molecular weight is 454 g/mol. The first-order valence-electron chi connectivity index (χ1n) is 10.0. The van der Waals surface area contributed by atoms with Crippen molar-refractivity contribution in [3.63, 3.8) is 0 Å². The Morgan fingerprint density at radius 2 is 1.70 bits per heavy atom. The summed E-state index contributed by atoms with van der Waals surface area (Å²) in [5.41, 5.74) is 9.43. The van der Waals surface area contributed by atoms with Gasteiger partial charge in [0, 0.05) is 13.1 Å². The number of halogens is 2. The van der Waals surface area contributed by atoms with E-state index >= 15 is 0 Å². The Labute approximate surface area is 192 Å². The Balaban J connectivity index is 0.00000225. The second kappa shape index (κ2) is 12.8. The molecule has 1 aliphatic rings. The van der Waals surface area contributed by atoms with Crippen LogP contribution >= 0.6 is 24.8 Å². The van der Waals surface area contributed by atoms with E-state index in [0.717, 1.165) is 49.4 Å². The van der Waals surface area contributed by atoms with Crippen molar-refractivity contribution in [2.45, 2.75) is 32.4 Å². The molecule has 7 heteroatoms. The molecule has 3 N–H and O–H groups in total. The first kappa shape index (κ1) is 26.2. The first-order valence-corrected chi connectivity index (χ1v) is 10.0. The van der Waals surface area contributed by atoms with Crippen molar-refractivity contribution in [3.05, 3.63) is 65.2 Å². The number of carbonyl (C=O) groups excluding carboxylic acids is 1. The van der Waals surface area contributed by atoms with Crippen molar-refractivity contribution >= 4 is 30.7 Å². The van der Waals surface area contributed by atoms with Gasteiger partial charge in [-0.3, -0.25) is 9.69 Å². The zero-order valence-electron chi connectivity index (χ0n) is 17.7. The highest BCUT2D eigenvalue weighted by Crippen LogP contribution is 2.20. The molecule has 30 heavy (non-hydrogen) atoms. The van der Waals surface area contributed by atoms with E-state index in [1.165, 1.54) is 5.56 Å². The summed E-state index contributed by atoms with van der Waals surface area (Å²) in [4.78, 5) is 14.8. The fourth-order valence-corrected chi connectivity index (χ4v) is 3.62. The van der Waals surface area contributed by atoms with E-state index in [0.29, 0.717) is 12.5 Å². The van der Waals surface area contributed by atoms with Gasteiger partial charge in [0.1, 0.15) is 11.8 Å². The monoisotopic (exact) mass is 453 g/mol. The largest absolute Gasteiger partial charge is 0.497 e. The molecule has 0 spiro atoms. The lowest BCUT2D eigenvalue weighted by molar-refractivity contribution is -0.122. The van der Waals surface area contributed by atoms with Gasteiger partial charge in [-0.15, -0.1) is 24.8 Å². The summed E-state index contributed by atoms with van der Waals surface area (Å²) in [6.45, 7) is 5.79. The number of hydrogen-bond acceptors (Lipinski definition) is 4. The van der Waals surface area contributed by atoms with Crippen LogP contribution in [0.15, 0.2) is 48.5 Å². The van der Waals surface area contributed by atoms with Gasteiger partial charge in [0.25, 0.3) is 0 Å². The van der Waals surface area contributed by atoms with Gasteiger partial charge in [0.05, 0.1) is 7.11 Å². The molecule has 0 aliphatic carbocycles. The SMILES string of the molecule is COc1ccc(CN2CCC(CNC(=O)C(N)c3ccc(C)cc3)CC2)cc1.Cl.Cl. The number of benzene rings is 2. The normalized spacial score (nSPS) is 15.4. The van der Waals surface area contributed by atoms with E-state index in [1.54, 1.807) is 7.11 Å². The maximum absolute atomic E-state index is 12.4. The van der Waals surface area contributed by atoms with Gasteiger partial charge in [-0.05, 0) is 62.0 Å². The highest BCUT2D eigenvalue weighted by molar-refractivity contribution is 5.85. The number of rotatable bonds is 7. The van der Waals surface area contributed by atoms with Crippen molar-refractivity contribution in [3.8, 4) is 5.75 Å². The van der Waals surface area contributed by atoms with Crippen molar-refractivity contribution < 1.29 is 9.53 Å². The van der Waals surface area contributed by atoms with Gasteiger partial charge < -0.3 is 15.8 Å². The molecule has 0 aromatic heterocycles. The van der Waals surface area contributed by atoms with Crippen LogP contribution in [0, 0.1) is 12.8 Å². The molecule has 1 fully saturated rings. The summed E-state index contributed by atoms with van der Waals surface area (Å²) in [5, 5.41) is 3.05. The van der Waals surface area contributed by atoms with E-state index in [1.807, 2.05) is 43.3 Å². The van der Waals surface area contributed by atoms with Crippen molar-refractivity contribution in [2.24, 2.45) is 11.7 Å². The third kappa shape index (κ3) is 7.47. The zero-order valence-corrected chi connectivity index (χ0v) is 19.3. The number of amides is 1. The number of carbonyl (C=O) groups is 1. The Morgan fingerprint density at radius 1 is 1.10 bits per heavy atom. The van der Waals surface area contributed by atoms with E-state index in [4.69, 9.17) is 10.5 Å². The number of likely N-dealkylation sites (tertiary alicyclic amines) is 1. The average Bonchev–Trinajstić information content (AvgIpc) is 2.73. The van der Waals surface area contributed by atoms with E-state index in [9.17, 15) is 4.79 Å². The molecule has 5 nitrogen and oxygen atoms in total. The number of aryl methyl sites for hydroxylation is 1. The molecule has 3 rings (SSSR count). The standard InChI is InChI=1S/C23H31N3O2.2ClH/c1-17-3-7-20(8-4-17)22(24)23(27)25-15-18-11-13-26(14-12-18)16-19-5-9-21(28-2)10-6-19;;/h3-10,18,22H,11-16,24H2,1-2H3,(H,25,27);2*1H. The van der Waals surface area contributed by atoms with Gasteiger partial charge in [-0.2, -0.15) is 0 Å². The van der Waals surface area contributed by atoms with Gasteiger partial charge in [-0.1, -0.05) is 42.0 Å². The number of nitrogens with two attached hydrogens (primary N) is 1. The van der Waals surface area contributed by atoms with Crippen LogP contribution in [0.3, 0.4) is 0 Å². The maximum Gasteiger partial charge on any atom is 0.241 e. The summed E-state index contributed by atoms with van der Waals surface area (Å²) in [6.07, 6.45) is 2.19. The highest BCUT2D eigenvalue weighted by atomic mass is 35.5. The summed E-state index contributed by atoms with van der Waals surface area (Å²) in [5.74, 6) is 1.31. The first-order chi connectivity index (χ1) is 13.5. The summed E-state index contributed by atoms with van der Waals surface area (Å²) in [7, 11) is 1.69. The van der Waals surface area contributed by atoms with E-state index < -0.39 is 6.04 Å². The van der Waals surface area contributed by atoms with Crippen LogP contribution in [-0.4, -0.2) is 37.6 Å². The zero-order chi connectivity index (χ0) is 19.9. The van der Waals surface area contributed by atoms with E-state index in [-0.39, 0.29) is 30.7 Å². The summed E-state index contributed by atoms with van der Waals surface area (Å²) >= 11 is 0. The third-order valence-corrected chi connectivity index (χ3v) is 5.56. The number of hydrogen-bond donors (Lipinski definition) is 2. The molecular formula is C23H33Cl2N3O2. The lowest BCUT2D eigenvalue weighted by Gasteiger charge is -2.32. The number of piperidine rings is 1. The molecule has 1 heterocycles. The molecule has 2 aromatic carbocycles. The third-order valence-electron chi connectivity index (χ3n) is 5.56. The van der Waals surface area contributed by atoms with Crippen LogP contribution in [-0.2, 0) is 11.3 Å². The molecule has 0 bridgehead atoms. The molecule has 2 aromatic rings. The van der Waals surface area contributed by atoms with Gasteiger partial charge in [0.15, 0.2) is 0 Å². The minimum atomic E-state index is -0.601. The Morgan fingerprint density at radius 3 is 2.27 bits per heavy atom. The molecule has 166 valence electrons. The Bertz CT molecular complexity index is 761.